The first-order valence-electron chi connectivity index (χ1n) is 8.88. The van der Waals surface area contributed by atoms with Gasteiger partial charge in [0, 0.05) is 49.3 Å². The number of ketones is 1. The van der Waals surface area contributed by atoms with Crippen molar-refractivity contribution in [3.63, 3.8) is 0 Å². The SMILES string of the molecule is COc1ccc(C(=O)CCC(=O)N2CCC[C@@H](c3ccncn3)C2)cc1. The Kier molecular flexibility index (Phi) is 5.94. The predicted molar refractivity (Wildman–Crippen MR) is 97.1 cm³/mol. The van der Waals surface area contributed by atoms with Crippen molar-refractivity contribution in [3.8, 4) is 5.75 Å². The highest BCUT2D eigenvalue weighted by molar-refractivity contribution is 5.98. The maximum absolute atomic E-state index is 12.5. The number of carbonyl (C=O) groups excluding carboxylic acids is 2. The van der Waals surface area contributed by atoms with E-state index in [2.05, 4.69) is 9.97 Å². The molecule has 6 nitrogen and oxygen atoms in total. The number of hydrogen-bond donors (Lipinski definition) is 0. The molecule has 2 heterocycles. The van der Waals surface area contributed by atoms with Gasteiger partial charge in [-0.2, -0.15) is 0 Å². The second-order valence-corrected chi connectivity index (χ2v) is 6.46. The molecule has 1 saturated heterocycles. The Morgan fingerprint density at radius 2 is 2.00 bits per heavy atom. The summed E-state index contributed by atoms with van der Waals surface area (Å²) in [4.78, 5) is 34.9. The van der Waals surface area contributed by atoms with Crippen molar-refractivity contribution in [2.24, 2.45) is 0 Å². The topological polar surface area (TPSA) is 72.4 Å². The maximum atomic E-state index is 12.5. The second-order valence-electron chi connectivity index (χ2n) is 6.46. The molecule has 0 aliphatic carbocycles. The maximum Gasteiger partial charge on any atom is 0.223 e. The minimum absolute atomic E-state index is 0.0228. The Morgan fingerprint density at radius 3 is 2.69 bits per heavy atom. The largest absolute Gasteiger partial charge is 0.497 e. The monoisotopic (exact) mass is 353 g/mol. The molecule has 2 aromatic rings. The van der Waals surface area contributed by atoms with E-state index in [0.29, 0.717) is 17.9 Å². The number of nitrogens with zero attached hydrogens (tertiary/aromatic N) is 3. The van der Waals surface area contributed by atoms with Crippen molar-refractivity contribution in [1.82, 2.24) is 14.9 Å². The molecule has 1 aliphatic heterocycles. The van der Waals surface area contributed by atoms with Crippen molar-refractivity contribution in [2.75, 3.05) is 20.2 Å². The van der Waals surface area contributed by atoms with Crippen molar-refractivity contribution in [3.05, 3.63) is 54.1 Å². The molecule has 136 valence electrons. The Balaban J connectivity index is 1.53. The van der Waals surface area contributed by atoms with Crippen LogP contribution in [0.1, 0.15) is 47.7 Å². The first-order chi connectivity index (χ1) is 12.7. The number of likely N-dealkylation sites (tertiary alicyclic amines) is 1. The third-order valence-electron chi connectivity index (χ3n) is 4.78. The van der Waals surface area contributed by atoms with Crippen molar-refractivity contribution >= 4 is 11.7 Å². The summed E-state index contributed by atoms with van der Waals surface area (Å²) >= 11 is 0. The van der Waals surface area contributed by atoms with Crippen LogP contribution in [0.15, 0.2) is 42.9 Å². The van der Waals surface area contributed by atoms with Crippen LogP contribution in [-0.2, 0) is 4.79 Å². The normalized spacial score (nSPS) is 17.0. The van der Waals surface area contributed by atoms with Gasteiger partial charge in [-0.15, -0.1) is 0 Å². The molecule has 0 spiro atoms. The Labute approximate surface area is 153 Å². The molecule has 1 aliphatic rings. The second kappa shape index (κ2) is 8.56. The highest BCUT2D eigenvalue weighted by atomic mass is 16.5. The Hall–Kier alpha value is -2.76. The van der Waals surface area contributed by atoms with E-state index in [1.807, 2.05) is 11.0 Å². The number of benzene rings is 1. The first kappa shape index (κ1) is 18.0. The van der Waals surface area contributed by atoms with E-state index in [0.717, 1.165) is 25.1 Å². The number of methoxy groups -OCH3 is 1. The molecule has 1 fully saturated rings. The molecule has 1 amide bonds. The molecule has 0 saturated carbocycles. The summed E-state index contributed by atoms with van der Waals surface area (Å²) in [5.74, 6) is 0.964. The lowest BCUT2D eigenvalue weighted by Crippen LogP contribution is -2.39. The quantitative estimate of drug-likeness (QED) is 0.747. The van der Waals surface area contributed by atoms with Crippen molar-refractivity contribution in [1.29, 1.82) is 0 Å². The van der Waals surface area contributed by atoms with Crippen LogP contribution in [0.25, 0.3) is 0 Å². The molecule has 26 heavy (non-hydrogen) atoms. The summed E-state index contributed by atoms with van der Waals surface area (Å²) < 4.78 is 5.09. The number of amides is 1. The zero-order valence-corrected chi connectivity index (χ0v) is 14.9. The van der Waals surface area contributed by atoms with E-state index in [-0.39, 0.29) is 30.4 Å². The van der Waals surface area contributed by atoms with E-state index in [4.69, 9.17) is 4.74 Å². The average molecular weight is 353 g/mol. The molecule has 3 rings (SSSR count). The highest BCUT2D eigenvalue weighted by Crippen LogP contribution is 2.25. The summed E-state index contributed by atoms with van der Waals surface area (Å²) in [7, 11) is 1.59. The lowest BCUT2D eigenvalue weighted by atomic mass is 9.94. The van der Waals surface area contributed by atoms with Crippen LogP contribution in [0.2, 0.25) is 0 Å². The molecule has 1 aromatic carbocycles. The van der Waals surface area contributed by atoms with Gasteiger partial charge in [-0.1, -0.05) is 0 Å². The molecule has 0 radical (unpaired) electrons. The standard InChI is InChI=1S/C20H23N3O3/c1-26-17-6-4-15(5-7-17)19(24)8-9-20(25)23-12-2-3-16(13-23)18-10-11-21-14-22-18/h4-7,10-11,14,16H,2-3,8-9,12-13H2,1H3/t16-/m1/s1. The van der Waals surface area contributed by atoms with E-state index in [1.165, 1.54) is 0 Å². The zero-order chi connectivity index (χ0) is 18.4. The van der Waals surface area contributed by atoms with Crippen LogP contribution in [0.4, 0.5) is 0 Å². The van der Waals surface area contributed by atoms with Crippen LogP contribution in [0.5, 0.6) is 5.75 Å². The summed E-state index contributed by atoms with van der Waals surface area (Å²) in [6.45, 7) is 1.41. The van der Waals surface area contributed by atoms with Crippen molar-refractivity contribution < 1.29 is 14.3 Å². The number of rotatable bonds is 6. The van der Waals surface area contributed by atoms with Gasteiger partial charge in [0.25, 0.3) is 0 Å². The molecule has 6 heteroatoms. The third-order valence-corrected chi connectivity index (χ3v) is 4.78. The van der Waals surface area contributed by atoms with Gasteiger partial charge in [0.15, 0.2) is 5.78 Å². The van der Waals surface area contributed by atoms with Gasteiger partial charge >= 0.3 is 0 Å². The zero-order valence-electron chi connectivity index (χ0n) is 14.9. The minimum Gasteiger partial charge on any atom is -0.497 e. The van der Waals surface area contributed by atoms with Gasteiger partial charge < -0.3 is 9.64 Å². The van der Waals surface area contributed by atoms with Gasteiger partial charge in [-0.3, -0.25) is 9.59 Å². The van der Waals surface area contributed by atoms with Crippen LogP contribution < -0.4 is 4.74 Å². The molecule has 0 unspecified atom stereocenters. The number of hydrogen-bond acceptors (Lipinski definition) is 5. The van der Waals surface area contributed by atoms with Gasteiger partial charge in [0.05, 0.1) is 7.11 Å². The van der Waals surface area contributed by atoms with Crippen LogP contribution in [-0.4, -0.2) is 46.8 Å². The first-order valence-corrected chi connectivity index (χ1v) is 8.88. The van der Waals surface area contributed by atoms with Crippen LogP contribution >= 0.6 is 0 Å². The predicted octanol–water partition coefficient (Wildman–Crippen LogP) is 2.85. The third kappa shape index (κ3) is 4.45. The summed E-state index contributed by atoms with van der Waals surface area (Å²) in [5.41, 5.74) is 1.59. The molecular formula is C20H23N3O3. The molecule has 1 atom stereocenters. The van der Waals surface area contributed by atoms with Gasteiger partial charge in [0.2, 0.25) is 5.91 Å². The van der Waals surface area contributed by atoms with Gasteiger partial charge in [0.1, 0.15) is 12.1 Å². The fraction of sp³-hybridized carbons (Fsp3) is 0.400. The Morgan fingerprint density at radius 1 is 1.19 bits per heavy atom. The van der Waals surface area contributed by atoms with E-state index in [1.54, 1.807) is 43.9 Å². The number of aromatic nitrogens is 2. The lowest BCUT2D eigenvalue weighted by molar-refractivity contribution is -0.132. The summed E-state index contributed by atoms with van der Waals surface area (Å²) in [5, 5.41) is 0. The highest BCUT2D eigenvalue weighted by Gasteiger charge is 2.25. The van der Waals surface area contributed by atoms with E-state index in [9.17, 15) is 9.59 Å². The number of carbonyl (C=O) groups is 2. The van der Waals surface area contributed by atoms with Crippen molar-refractivity contribution in [2.45, 2.75) is 31.6 Å². The number of Topliss-reactive ketones (excluding diaryl/α,β-unsaturated/α-hetero) is 1. The van der Waals surface area contributed by atoms with Crippen LogP contribution in [0, 0.1) is 0 Å². The van der Waals surface area contributed by atoms with Gasteiger partial charge in [-0.25, -0.2) is 9.97 Å². The van der Waals surface area contributed by atoms with E-state index < -0.39 is 0 Å². The minimum atomic E-state index is -0.0228. The van der Waals surface area contributed by atoms with Crippen LogP contribution in [0.3, 0.4) is 0 Å². The fourth-order valence-electron chi connectivity index (χ4n) is 3.29. The average Bonchev–Trinajstić information content (AvgIpc) is 2.72. The fourth-order valence-corrected chi connectivity index (χ4v) is 3.29. The molecule has 0 N–H and O–H groups in total. The summed E-state index contributed by atoms with van der Waals surface area (Å²) in [6, 6.07) is 8.89. The lowest BCUT2D eigenvalue weighted by Gasteiger charge is -2.32. The Bertz CT molecular complexity index is 747. The van der Waals surface area contributed by atoms with E-state index >= 15 is 0 Å². The smallest absolute Gasteiger partial charge is 0.223 e. The number of piperidine rings is 1. The molecule has 0 bridgehead atoms. The summed E-state index contributed by atoms with van der Waals surface area (Å²) in [6.07, 6.45) is 5.71. The molecular weight excluding hydrogens is 330 g/mol. The number of ether oxygens (including phenoxy) is 1. The molecule has 1 aromatic heterocycles. The van der Waals surface area contributed by atoms with Gasteiger partial charge in [-0.05, 0) is 43.2 Å².